The number of carbonyl (C=O) groups is 2. The van der Waals surface area contributed by atoms with Crippen LogP contribution in [0.4, 0.5) is 11.4 Å². The van der Waals surface area contributed by atoms with E-state index >= 15 is 0 Å². The number of hydrogen-bond acceptors (Lipinski definition) is 4. The van der Waals surface area contributed by atoms with E-state index in [0.29, 0.717) is 16.9 Å². The number of hydrogen-bond donors (Lipinski definition) is 3. The Morgan fingerprint density at radius 3 is 1.91 bits per heavy atom. The number of carbonyl (C=O) groups excluding carboxylic acids is 2. The van der Waals surface area contributed by atoms with Gasteiger partial charge in [-0.1, -0.05) is 42.5 Å². The van der Waals surface area contributed by atoms with Gasteiger partial charge < -0.3 is 15.1 Å². The molecule has 3 N–H and O–H groups in total. The van der Waals surface area contributed by atoms with Gasteiger partial charge in [0.2, 0.25) is 0 Å². The lowest BCUT2D eigenvalue weighted by atomic mass is 10.0. The quantitative estimate of drug-likeness (QED) is 0.365. The van der Waals surface area contributed by atoms with Gasteiger partial charge in [-0.2, -0.15) is 0 Å². The fourth-order valence-corrected chi connectivity index (χ4v) is 3.23. The zero-order valence-corrected chi connectivity index (χ0v) is 17.7. The minimum Gasteiger partial charge on any atom is -0.459 e. The fraction of sp³-hybridized carbons (Fsp3) is 0. The van der Waals surface area contributed by atoms with E-state index in [1.807, 2.05) is 42.5 Å². The van der Waals surface area contributed by atoms with Crippen molar-refractivity contribution < 1.29 is 14.0 Å². The molecular weight excluding hydrogens is 422 g/mol. The monoisotopic (exact) mass is 441 g/mol. The van der Waals surface area contributed by atoms with E-state index in [1.54, 1.807) is 48.5 Å². The van der Waals surface area contributed by atoms with Gasteiger partial charge in [0.15, 0.2) is 10.9 Å². The van der Waals surface area contributed by atoms with Crippen molar-refractivity contribution in [1.29, 1.82) is 0 Å². The van der Waals surface area contributed by atoms with Gasteiger partial charge in [0.05, 0.1) is 6.26 Å². The second kappa shape index (κ2) is 9.72. The van der Waals surface area contributed by atoms with E-state index in [0.717, 1.165) is 11.1 Å². The van der Waals surface area contributed by atoms with Gasteiger partial charge >= 0.3 is 0 Å². The standard InChI is InChI=1S/C25H19N3O3S/c29-23(19-10-8-18(9-11-19)17-5-2-1-3-6-17)28-25(32)27-21-14-12-20(13-15-21)26-24(30)22-7-4-16-31-22/h1-16H,(H,26,30)(H2,27,28,29,32). The number of furan rings is 1. The minimum atomic E-state index is -0.336. The van der Waals surface area contributed by atoms with Crippen molar-refractivity contribution in [2.75, 3.05) is 10.6 Å². The second-order valence-corrected chi connectivity index (χ2v) is 7.27. The SMILES string of the molecule is O=C(NC(=S)Nc1ccc(NC(=O)c2ccco2)cc1)c1ccc(-c2ccccc2)cc1. The average molecular weight is 442 g/mol. The Labute approximate surface area is 190 Å². The molecule has 6 nitrogen and oxygen atoms in total. The molecule has 0 aliphatic heterocycles. The third-order valence-corrected chi connectivity index (χ3v) is 4.83. The van der Waals surface area contributed by atoms with Gasteiger partial charge in [0, 0.05) is 16.9 Å². The van der Waals surface area contributed by atoms with E-state index in [2.05, 4.69) is 16.0 Å². The van der Waals surface area contributed by atoms with Crippen molar-refractivity contribution in [2.24, 2.45) is 0 Å². The molecule has 0 spiro atoms. The Hall–Kier alpha value is -4.23. The Bertz CT molecular complexity index is 1220. The van der Waals surface area contributed by atoms with E-state index in [4.69, 9.17) is 16.6 Å². The summed E-state index contributed by atoms with van der Waals surface area (Å²) in [5.41, 5.74) is 3.89. The lowest BCUT2D eigenvalue weighted by molar-refractivity contribution is 0.0975. The van der Waals surface area contributed by atoms with E-state index in [-0.39, 0.29) is 22.7 Å². The maximum Gasteiger partial charge on any atom is 0.291 e. The van der Waals surface area contributed by atoms with Crippen LogP contribution in [-0.2, 0) is 0 Å². The Balaban J connectivity index is 1.31. The molecule has 0 atom stereocenters. The summed E-state index contributed by atoms with van der Waals surface area (Å²) in [6, 6.07) is 27.4. The number of anilines is 2. The first-order valence-corrected chi connectivity index (χ1v) is 10.2. The first kappa shape index (κ1) is 21.0. The molecule has 0 radical (unpaired) electrons. The molecule has 0 saturated carbocycles. The molecule has 0 aliphatic rings. The van der Waals surface area contributed by atoms with Crippen molar-refractivity contribution in [1.82, 2.24) is 5.32 Å². The molecule has 32 heavy (non-hydrogen) atoms. The van der Waals surface area contributed by atoms with Gasteiger partial charge in [0.25, 0.3) is 11.8 Å². The molecule has 0 bridgehead atoms. The topological polar surface area (TPSA) is 83.4 Å². The molecule has 7 heteroatoms. The van der Waals surface area contributed by atoms with E-state index < -0.39 is 0 Å². The predicted molar refractivity (Wildman–Crippen MR) is 129 cm³/mol. The van der Waals surface area contributed by atoms with Crippen LogP contribution >= 0.6 is 12.2 Å². The minimum absolute atomic E-state index is 0.175. The van der Waals surface area contributed by atoms with Crippen LogP contribution in [0.15, 0.2) is 102 Å². The first-order valence-electron chi connectivity index (χ1n) is 9.81. The molecule has 158 valence electrons. The van der Waals surface area contributed by atoms with Crippen LogP contribution < -0.4 is 16.0 Å². The molecule has 3 aromatic carbocycles. The normalized spacial score (nSPS) is 10.2. The van der Waals surface area contributed by atoms with Crippen LogP contribution in [0.3, 0.4) is 0 Å². The molecule has 2 amide bonds. The maximum absolute atomic E-state index is 12.5. The predicted octanol–water partition coefficient (Wildman–Crippen LogP) is 5.33. The lowest BCUT2D eigenvalue weighted by Gasteiger charge is -2.11. The molecule has 4 rings (SSSR count). The fourth-order valence-electron chi connectivity index (χ4n) is 3.02. The van der Waals surface area contributed by atoms with Crippen LogP contribution in [0.5, 0.6) is 0 Å². The maximum atomic E-state index is 12.5. The van der Waals surface area contributed by atoms with E-state index in [9.17, 15) is 9.59 Å². The van der Waals surface area contributed by atoms with Crippen LogP contribution in [0.2, 0.25) is 0 Å². The smallest absolute Gasteiger partial charge is 0.291 e. The number of thiocarbonyl (C=S) groups is 1. The molecule has 4 aromatic rings. The molecule has 0 unspecified atom stereocenters. The van der Waals surface area contributed by atoms with Gasteiger partial charge in [-0.05, 0) is 71.9 Å². The molecule has 0 aliphatic carbocycles. The van der Waals surface area contributed by atoms with Crippen molar-refractivity contribution in [3.05, 3.63) is 109 Å². The highest BCUT2D eigenvalue weighted by atomic mass is 32.1. The highest BCUT2D eigenvalue weighted by Gasteiger charge is 2.10. The Kier molecular flexibility index (Phi) is 6.38. The number of amides is 2. The van der Waals surface area contributed by atoms with Gasteiger partial charge in [0.1, 0.15) is 0 Å². The van der Waals surface area contributed by atoms with Crippen molar-refractivity contribution >= 4 is 40.5 Å². The van der Waals surface area contributed by atoms with Gasteiger partial charge in [-0.25, -0.2) is 0 Å². The summed E-state index contributed by atoms with van der Waals surface area (Å²) < 4.78 is 5.06. The van der Waals surface area contributed by atoms with Crippen LogP contribution in [-0.4, -0.2) is 16.9 Å². The molecule has 0 fully saturated rings. The summed E-state index contributed by atoms with van der Waals surface area (Å²) in [7, 11) is 0. The lowest BCUT2D eigenvalue weighted by Crippen LogP contribution is -2.34. The molecular formula is C25H19N3O3S. The highest BCUT2D eigenvalue weighted by Crippen LogP contribution is 2.19. The summed E-state index contributed by atoms with van der Waals surface area (Å²) in [5.74, 6) is -0.408. The summed E-state index contributed by atoms with van der Waals surface area (Å²) in [6.45, 7) is 0. The number of nitrogens with one attached hydrogen (secondary N) is 3. The summed E-state index contributed by atoms with van der Waals surface area (Å²) in [5, 5.41) is 8.53. The molecule has 1 heterocycles. The van der Waals surface area contributed by atoms with Crippen molar-refractivity contribution in [3.63, 3.8) is 0 Å². The molecule has 1 aromatic heterocycles. The van der Waals surface area contributed by atoms with Crippen molar-refractivity contribution in [2.45, 2.75) is 0 Å². The number of benzene rings is 3. The second-order valence-electron chi connectivity index (χ2n) is 6.86. The van der Waals surface area contributed by atoms with Crippen LogP contribution in [0, 0.1) is 0 Å². The largest absolute Gasteiger partial charge is 0.459 e. The van der Waals surface area contributed by atoms with Gasteiger partial charge in [-0.15, -0.1) is 0 Å². The van der Waals surface area contributed by atoms with Gasteiger partial charge in [-0.3, -0.25) is 14.9 Å². The summed E-state index contributed by atoms with van der Waals surface area (Å²) >= 11 is 5.25. The average Bonchev–Trinajstić information content (AvgIpc) is 3.36. The zero-order valence-electron chi connectivity index (χ0n) is 16.9. The summed E-state index contributed by atoms with van der Waals surface area (Å²) in [6.07, 6.45) is 1.44. The molecule has 0 saturated heterocycles. The number of rotatable bonds is 5. The van der Waals surface area contributed by atoms with Crippen LogP contribution in [0.25, 0.3) is 11.1 Å². The summed E-state index contributed by atoms with van der Waals surface area (Å²) in [4.78, 5) is 24.5. The van der Waals surface area contributed by atoms with Crippen molar-refractivity contribution in [3.8, 4) is 11.1 Å². The highest BCUT2D eigenvalue weighted by molar-refractivity contribution is 7.80. The first-order chi connectivity index (χ1) is 15.6. The Morgan fingerprint density at radius 1 is 0.656 bits per heavy atom. The van der Waals surface area contributed by atoms with Crippen LogP contribution in [0.1, 0.15) is 20.9 Å². The van der Waals surface area contributed by atoms with E-state index in [1.165, 1.54) is 6.26 Å². The Morgan fingerprint density at radius 2 is 1.28 bits per heavy atom. The third kappa shape index (κ3) is 5.27. The zero-order chi connectivity index (χ0) is 22.3. The third-order valence-electron chi connectivity index (χ3n) is 4.63.